The highest BCUT2D eigenvalue weighted by Gasteiger charge is 2.12. The fourth-order valence-electron chi connectivity index (χ4n) is 3.44. The van der Waals surface area contributed by atoms with Gasteiger partial charge in [0.15, 0.2) is 0 Å². The molecule has 0 aliphatic carbocycles. The fourth-order valence-corrected chi connectivity index (χ4v) is 3.44. The quantitative estimate of drug-likeness (QED) is 0.505. The van der Waals surface area contributed by atoms with Crippen molar-refractivity contribution >= 4 is 27.3 Å². The molecule has 0 saturated carbocycles. The molecule has 0 spiro atoms. The first kappa shape index (κ1) is 14.0. The zero-order chi connectivity index (χ0) is 16.8. The minimum absolute atomic E-state index is 0.786. The van der Waals surface area contributed by atoms with Crippen molar-refractivity contribution in [1.82, 2.24) is 19.4 Å². The van der Waals surface area contributed by atoms with E-state index >= 15 is 0 Å². The zero-order valence-corrected chi connectivity index (χ0v) is 13.8. The fraction of sp³-hybridized carbons (Fsp3) is 0.100. The predicted molar refractivity (Wildman–Crippen MR) is 98.1 cm³/mol. The highest BCUT2D eigenvalue weighted by atomic mass is 16.5. The summed E-state index contributed by atoms with van der Waals surface area (Å²) in [5, 5.41) is 10.6. The van der Waals surface area contributed by atoms with Crippen LogP contribution in [0.5, 0.6) is 5.75 Å². The van der Waals surface area contributed by atoms with Crippen LogP contribution in [0.4, 0.5) is 0 Å². The zero-order valence-electron chi connectivity index (χ0n) is 13.8. The normalized spacial score (nSPS) is 11.6. The van der Waals surface area contributed by atoms with Crippen LogP contribution in [-0.2, 0) is 6.54 Å². The summed E-state index contributed by atoms with van der Waals surface area (Å²) in [4.78, 5) is 0. The van der Waals surface area contributed by atoms with Crippen molar-refractivity contribution in [3.8, 4) is 5.75 Å². The van der Waals surface area contributed by atoms with Crippen LogP contribution in [0.25, 0.3) is 27.3 Å². The molecule has 0 aliphatic rings. The standard InChI is InChI=1S/C20H16N4O/c1-25-16-8-6-14(7-9-16)12-23-19-5-3-2-4-17(19)18-10-15-11-21-22-24(15)13-20(18)23/h2-11,13H,12H2,1H3. The minimum Gasteiger partial charge on any atom is -0.497 e. The molecular weight excluding hydrogens is 312 g/mol. The van der Waals surface area contributed by atoms with Gasteiger partial charge in [0.1, 0.15) is 5.75 Å². The minimum atomic E-state index is 0.786. The Bertz CT molecular complexity index is 1200. The van der Waals surface area contributed by atoms with Crippen LogP contribution in [0.15, 0.2) is 67.0 Å². The van der Waals surface area contributed by atoms with Crippen molar-refractivity contribution in [2.75, 3.05) is 7.11 Å². The summed E-state index contributed by atoms with van der Waals surface area (Å²) in [5.41, 5.74) is 4.59. The molecule has 3 heterocycles. The Morgan fingerprint density at radius 3 is 2.64 bits per heavy atom. The number of fused-ring (bicyclic) bond motifs is 4. The van der Waals surface area contributed by atoms with Crippen LogP contribution in [0.1, 0.15) is 5.56 Å². The predicted octanol–water partition coefficient (Wildman–Crippen LogP) is 3.89. The first-order chi connectivity index (χ1) is 12.3. The summed E-state index contributed by atoms with van der Waals surface area (Å²) in [6.45, 7) is 0.786. The number of hydrogen-bond acceptors (Lipinski definition) is 3. The van der Waals surface area contributed by atoms with E-state index in [0.717, 1.165) is 23.3 Å². The second kappa shape index (κ2) is 5.34. The van der Waals surface area contributed by atoms with Gasteiger partial charge in [0.25, 0.3) is 0 Å². The summed E-state index contributed by atoms with van der Waals surface area (Å²) in [6.07, 6.45) is 3.84. The topological polar surface area (TPSA) is 44.3 Å². The van der Waals surface area contributed by atoms with Gasteiger partial charge in [0.05, 0.1) is 30.5 Å². The van der Waals surface area contributed by atoms with Gasteiger partial charge in [0, 0.05) is 22.8 Å². The number of benzene rings is 2. The van der Waals surface area contributed by atoms with Crippen molar-refractivity contribution in [2.24, 2.45) is 0 Å². The molecule has 5 heteroatoms. The average Bonchev–Trinajstić information content (AvgIpc) is 3.24. The Balaban J connectivity index is 1.75. The van der Waals surface area contributed by atoms with E-state index in [1.807, 2.05) is 16.6 Å². The maximum absolute atomic E-state index is 5.26. The lowest BCUT2D eigenvalue weighted by Crippen LogP contribution is -2.00. The van der Waals surface area contributed by atoms with Crippen molar-refractivity contribution in [3.05, 3.63) is 72.6 Å². The third-order valence-electron chi connectivity index (χ3n) is 4.69. The molecule has 0 aliphatic heterocycles. The van der Waals surface area contributed by atoms with Crippen molar-refractivity contribution < 1.29 is 4.74 Å². The first-order valence-electron chi connectivity index (χ1n) is 8.17. The Labute approximate surface area is 144 Å². The van der Waals surface area contributed by atoms with Gasteiger partial charge in [-0.15, -0.1) is 5.10 Å². The van der Waals surface area contributed by atoms with E-state index in [1.54, 1.807) is 13.3 Å². The smallest absolute Gasteiger partial charge is 0.118 e. The molecule has 0 fully saturated rings. The molecule has 0 saturated heterocycles. The van der Waals surface area contributed by atoms with Crippen molar-refractivity contribution in [2.45, 2.75) is 6.54 Å². The molecule has 0 bridgehead atoms. The Morgan fingerprint density at radius 1 is 0.960 bits per heavy atom. The van der Waals surface area contributed by atoms with E-state index in [-0.39, 0.29) is 0 Å². The highest BCUT2D eigenvalue weighted by molar-refractivity contribution is 6.09. The molecule has 5 rings (SSSR count). The lowest BCUT2D eigenvalue weighted by Gasteiger charge is -2.09. The van der Waals surface area contributed by atoms with Crippen LogP contribution in [0.3, 0.4) is 0 Å². The summed E-state index contributed by atoms with van der Waals surface area (Å²) in [5.74, 6) is 0.871. The molecule has 0 unspecified atom stereocenters. The Morgan fingerprint density at radius 2 is 1.80 bits per heavy atom. The van der Waals surface area contributed by atoms with Gasteiger partial charge >= 0.3 is 0 Å². The molecule has 25 heavy (non-hydrogen) atoms. The average molecular weight is 328 g/mol. The number of para-hydroxylation sites is 1. The van der Waals surface area contributed by atoms with E-state index in [1.165, 1.54) is 21.9 Å². The monoisotopic (exact) mass is 328 g/mol. The number of rotatable bonds is 3. The molecule has 5 nitrogen and oxygen atoms in total. The molecule has 122 valence electrons. The summed E-state index contributed by atoms with van der Waals surface area (Å²) in [6, 6.07) is 18.9. The van der Waals surface area contributed by atoms with E-state index in [9.17, 15) is 0 Å². The van der Waals surface area contributed by atoms with Gasteiger partial charge in [0.2, 0.25) is 0 Å². The molecule has 0 radical (unpaired) electrons. The van der Waals surface area contributed by atoms with Gasteiger partial charge in [-0.05, 0) is 29.8 Å². The van der Waals surface area contributed by atoms with Crippen LogP contribution >= 0.6 is 0 Å². The number of aromatic nitrogens is 4. The SMILES string of the molecule is COc1ccc(Cn2c3ccccc3c3cc4cnnn4cc32)cc1. The van der Waals surface area contributed by atoms with Gasteiger partial charge in [-0.3, -0.25) is 0 Å². The van der Waals surface area contributed by atoms with Gasteiger partial charge in [-0.25, -0.2) is 4.52 Å². The van der Waals surface area contributed by atoms with E-state index in [0.29, 0.717) is 0 Å². The number of pyridine rings is 1. The molecule has 3 aromatic heterocycles. The lowest BCUT2D eigenvalue weighted by atomic mass is 10.2. The molecule has 0 atom stereocenters. The summed E-state index contributed by atoms with van der Waals surface area (Å²) < 4.78 is 9.41. The summed E-state index contributed by atoms with van der Waals surface area (Å²) in [7, 11) is 1.69. The summed E-state index contributed by atoms with van der Waals surface area (Å²) >= 11 is 0. The van der Waals surface area contributed by atoms with Crippen LogP contribution < -0.4 is 4.74 Å². The van der Waals surface area contributed by atoms with Crippen LogP contribution in [-0.4, -0.2) is 26.5 Å². The third-order valence-corrected chi connectivity index (χ3v) is 4.69. The van der Waals surface area contributed by atoms with E-state index in [2.05, 4.69) is 63.5 Å². The molecule has 0 amide bonds. The molecular formula is C20H16N4O. The number of methoxy groups -OCH3 is 1. The number of ether oxygens (including phenoxy) is 1. The van der Waals surface area contributed by atoms with E-state index < -0.39 is 0 Å². The third kappa shape index (κ3) is 2.16. The number of nitrogens with zero attached hydrogens (tertiary/aromatic N) is 4. The number of hydrogen-bond donors (Lipinski definition) is 0. The second-order valence-electron chi connectivity index (χ2n) is 6.13. The van der Waals surface area contributed by atoms with Gasteiger partial charge < -0.3 is 9.30 Å². The van der Waals surface area contributed by atoms with Crippen molar-refractivity contribution in [3.63, 3.8) is 0 Å². The lowest BCUT2D eigenvalue weighted by molar-refractivity contribution is 0.414. The first-order valence-corrected chi connectivity index (χ1v) is 8.17. The second-order valence-corrected chi connectivity index (χ2v) is 6.13. The maximum atomic E-state index is 5.26. The Kier molecular flexibility index (Phi) is 3.00. The highest BCUT2D eigenvalue weighted by Crippen LogP contribution is 2.30. The molecule has 2 aromatic carbocycles. The largest absolute Gasteiger partial charge is 0.497 e. The molecule has 5 aromatic rings. The van der Waals surface area contributed by atoms with Gasteiger partial charge in [-0.1, -0.05) is 35.5 Å². The van der Waals surface area contributed by atoms with Crippen LogP contribution in [0, 0.1) is 0 Å². The maximum Gasteiger partial charge on any atom is 0.118 e. The Hall–Kier alpha value is -3.34. The van der Waals surface area contributed by atoms with Crippen LogP contribution in [0.2, 0.25) is 0 Å². The van der Waals surface area contributed by atoms with Crippen molar-refractivity contribution in [1.29, 1.82) is 0 Å². The van der Waals surface area contributed by atoms with Gasteiger partial charge in [-0.2, -0.15) is 0 Å². The van der Waals surface area contributed by atoms with E-state index in [4.69, 9.17) is 4.74 Å². The molecule has 0 N–H and O–H groups in total.